The van der Waals surface area contributed by atoms with Crippen LogP contribution in [0, 0.1) is 5.92 Å². The molecule has 1 aromatic heterocycles. The first kappa shape index (κ1) is 21.8. The zero-order valence-electron chi connectivity index (χ0n) is 16.6. The lowest BCUT2D eigenvalue weighted by atomic mass is 9.97. The minimum Gasteiger partial charge on any atom is -0.348 e. The first-order valence-corrected chi connectivity index (χ1v) is 10.5. The molecule has 0 radical (unpaired) electrons. The van der Waals surface area contributed by atoms with Crippen molar-refractivity contribution >= 4 is 15.9 Å². The summed E-state index contributed by atoms with van der Waals surface area (Å²) in [5, 5.41) is 2.96. The number of hydrogen-bond acceptors (Lipinski definition) is 4. The van der Waals surface area contributed by atoms with Gasteiger partial charge in [-0.2, -0.15) is 0 Å². The third kappa shape index (κ3) is 5.53. The Bertz CT molecular complexity index is 966. The highest BCUT2D eigenvalue weighted by Gasteiger charge is 2.20. The summed E-state index contributed by atoms with van der Waals surface area (Å²) in [5.41, 5.74) is 0.550. The van der Waals surface area contributed by atoms with E-state index in [0.717, 1.165) is 26.9 Å². The molecule has 1 N–H and O–H groups in total. The van der Waals surface area contributed by atoms with Gasteiger partial charge in [-0.3, -0.25) is 9.59 Å². The standard InChI is InChI=1S/C20H27N3O4S/c1-15(2)12-18(16-8-6-5-7-9-16)21-19(24)14-23-13-17(10-11-20(23)25)28(26,27)22(3)4/h5-11,13,15,18H,12,14H2,1-4H3,(H,21,24)/t18-/m0/s1. The van der Waals surface area contributed by atoms with E-state index in [1.165, 1.54) is 26.4 Å². The molecule has 8 heteroatoms. The summed E-state index contributed by atoms with van der Waals surface area (Å²) < 4.78 is 26.7. The smallest absolute Gasteiger partial charge is 0.251 e. The van der Waals surface area contributed by atoms with Crippen molar-refractivity contribution < 1.29 is 13.2 Å². The van der Waals surface area contributed by atoms with E-state index < -0.39 is 15.6 Å². The second kappa shape index (κ2) is 9.16. The molecule has 28 heavy (non-hydrogen) atoms. The number of nitrogens with zero attached hydrogens (tertiary/aromatic N) is 2. The number of carbonyl (C=O) groups excluding carboxylic acids is 1. The van der Waals surface area contributed by atoms with Crippen molar-refractivity contribution in [1.82, 2.24) is 14.2 Å². The molecule has 1 atom stereocenters. The predicted molar refractivity (Wildman–Crippen MR) is 108 cm³/mol. The van der Waals surface area contributed by atoms with Crippen LogP contribution < -0.4 is 10.9 Å². The van der Waals surface area contributed by atoms with Gasteiger partial charge in [0.15, 0.2) is 0 Å². The second-order valence-corrected chi connectivity index (χ2v) is 9.43. The van der Waals surface area contributed by atoms with Gasteiger partial charge < -0.3 is 9.88 Å². The zero-order chi connectivity index (χ0) is 20.9. The fourth-order valence-electron chi connectivity index (χ4n) is 2.83. The van der Waals surface area contributed by atoms with Gasteiger partial charge in [0.05, 0.1) is 10.9 Å². The monoisotopic (exact) mass is 405 g/mol. The molecule has 0 aliphatic carbocycles. The highest BCUT2D eigenvalue weighted by molar-refractivity contribution is 7.89. The van der Waals surface area contributed by atoms with Crippen molar-refractivity contribution in [3.8, 4) is 0 Å². The first-order valence-electron chi connectivity index (χ1n) is 9.08. The molecule has 0 saturated carbocycles. The second-order valence-electron chi connectivity index (χ2n) is 7.28. The number of hydrogen-bond donors (Lipinski definition) is 1. The van der Waals surface area contributed by atoms with Gasteiger partial charge in [-0.1, -0.05) is 44.2 Å². The molecule has 0 bridgehead atoms. The maximum Gasteiger partial charge on any atom is 0.251 e. The minimum absolute atomic E-state index is 0.0355. The SMILES string of the molecule is CC(C)C[C@H](NC(=O)Cn1cc(S(=O)(=O)N(C)C)ccc1=O)c1ccccc1. The van der Waals surface area contributed by atoms with Crippen LogP contribution >= 0.6 is 0 Å². The summed E-state index contributed by atoms with van der Waals surface area (Å²) in [6, 6.07) is 11.9. The summed E-state index contributed by atoms with van der Waals surface area (Å²) >= 11 is 0. The molecule has 0 fully saturated rings. The summed E-state index contributed by atoms with van der Waals surface area (Å²) in [5.74, 6) is 0.0118. The molecule has 0 aliphatic heterocycles. The van der Waals surface area contributed by atoms with Crippen LogP contribution in [0.1, 0.15) is 31.9 Å². The quantitative estimate of drug-likeness (QED) is 0.728. The van der Waals surface area contributed by atoms with Crippen LogP contribution in [0.5, 0.6) is 0 Å². The Labute approximate surface area is 166 Å². The van der Waals surface area contributed by atoms with E-state index in [0.29, 0.717) is 5.92 Å². The van der Waals surface area contributed by atoms with Crippen LogP contribution in [0.15, 0.2) is 58.4 Å². The highest BCUT2D eigenvalue weighted by Crippen LogP contribution is 2.21. The summed E-state index contributed by atoms with van der Waals surface area (Å²) in [7, 11) is -0.871. The van der Waals surface area contributed by atoms with Crippen molar-refractivity contribution in [2.24, 2.45) is 5.92 Å². The lowest BCUT2D eigenvalue weighted by Gasteiger charge is -2.21. The van der Waals surface area contributed by atoms with Crippen molar-refractivity contribution in [2.45, 2.75) is 37.8 Å². The Balaban J connectivity index is 2.23. The molecule has 0 unspecified atom stereocenters. The Kier molecular flexibility index (Phi) is 7.15. The maximum atomic E-state index is 12.6. The molecule has 0 spiro atoms. The number of carbonyl (C=O) groups is 1. The molecule has 0 saturated heterocycles. The minimum atomic E-state index is -3.69. The number of benzene rings is 1. The van der Waals surface area contributed by atoms with Gasteiger partial charge in [0.1, 0.15) is 6.54 Å². The molecular formula is C20H27N3O4S. The highest BCUT2D eigenvalue weighted by atomic mass is 32.2. The van der Waals surface area contributed by atoms with E-state index in [4.69, 9.17) is 0 Å². The zero-order valence-corrected chi connectivity index (χ0v) is 17.4. The van der Waals surface area contributed by atoms with Crippen molar-refractivity contribution in [2.75, 3.05) is 14.1 Å². The number of pyridine rings is 1. The topological polar surface area (TPSA) is 88.5 Å². The fraction of sp³-hybridized carbons (Fsp3) is 0.400. The van der Waals surface area contributed by atoms with E-state index in [1.807, 2.05) is 30.3 Å². The van der Waals surface area contributed by atoms with Gasteiger partial charge in [-0.15, -0.1) is 0 Å². The predicted octanol–water partition coefficient (Wildman–Crippen LogP) is 2.00. The third-order valence-corrected chi connectivity index (χ3v) is 6.09. The van der Waals surface area contributed by atoms with Gasteiger partial charge in [0.25, 0.3) is 5.56 Å². The van der Waals surface area contributed by atoms with Crippen LogP contribution in [-0.2, 0) is 21.4 Å². The lowest BCUT2D eigenvalue weighted by molar-refractivity contribution is -0.122. The molecule has 152 valence electrons. The number of sulfonamides is 1. The Hall–Kier alpha value is -2.45. The largest absolute Gasteiger partial charge is 0.348 e. The van der Waals surface area contributed by atoms with Gasteiger partial charge in [-0.05, 0) is 24.0 Å². The third-order valence-electron chi connectivity index (χ3n) is 4.29. The van der Waals surface area contributed by atoms with Crippen molar-refractivity contribution in [1.29, 1.82) is 0 Å². The van der Waals surface area contributed by atoms with Crippen LogP contribution in [0.25, 0.3) is 0 Å². The number of amides is 1. The molecule has 1 amide bonds. The summed E-state index contributed by atoms with van der Waals surface area (Å²) in [4.78, 5) is 24.7. The van der Waals surface area contributed by atoms with E-state index in [9.17, 15) is 18.0 Å². The molecule has 7 nitrogen and oxygen atoms in total. The molecule has 2 rings (SSSR count). The van der Waals surface area contributed by atoms with Crippen LogP contribution in [-0.4, -0.2) is 37.3 Å². The molecule has 1 heterocycles. The van der Waals surface area contributed by atoms with Gasteiger partial charge in [0, 0.05) is 26.4 Å². The Morgan fingerprint density at radius 2 is 1.75 bits per heavy atom. The van der Waals surface area contributed by atoms with E-state index >= 15 is 0 Å². The fourth-order valence-corrected chi connectivity index (χ4v) is 3.75. The Morgan fingerprint density at radius 1 is 1.11 bits per heavy atom. The number of rotatable bonds is 8. The molecule has 0 aliphatic rings. The molecular weight excluding hydrogens is 378 g/mol. The van der Waals surface area contributed by atoms with E-state index in [-0.39, 0.29) is 23.4 Å². The van der Waals surface area contributed by atoms with Crippen LogP contribution in [0.4, 0.5) is 0 Å². The summed E-state index contributed by atoms with van der Waals surface area (Å²) in [6.45, 7) is 3.89. The normalized spacial score (nSPS) is 12.9. The average molecular weight is 406 g/mol. The first-order chi connectivity index (χ1) is 13.1. The van der Waals surface area contributed by atoms with Gasteiger partial charge in [-0.25, -0.2) is 12.7 Å². The van der Waals surface area contributed by atoms with Crippen molar-refractivity contribution in [3.05, 3.63) is 64.6 Å². The van der Waals surface area contributed by atoms with E-state index in [1.54, 1.807) is 0 Å². The maximum absolute atomic E-state index is 12.6. The lowest BCUT2D eigenvalue weighted by Crippen LogP contribution is -2.35. The van der Waals surface area contributed by atoms with Gasteiger partial charge >= 0.3 is 0 Å². The number of aromatic nitrogens is 1. The van der Waals surface area contributed by atoms with Crippen molar-refractivity contribution in [3.63, 3.8) is 0 Å². The Morgan fingerprint density at radius 3 is 2.32 bits per heavy atom. The molecule has 2 aromatic rings. The van der Waals surface area contributed by atoms with Crippen LogP contribution in [0.3, 0.4) is 0 Å². The van der Waals surface area contributed by atoms with E-state index in [2.05, 4.69) is 19.2 Å². The number of nitrogens with one attached hydrogen (secondary N) is 1. The molecule has 1 aromatic carbocycles. The summed E-state index contributed by atoms with van der Waals surface area (Å²) in [6.07, 6.45) is 1.96. The van der Waals surface area contributed by atoms with Gasteiger partial charge in [0.2, 0.25) is 15.9 Å². The average Bonchev–Trinajstić information content (AvgIpc) is 2.63. The van der Waals surface area contributed by atoms with Crippen LogP contribution in [0.2, 0.25) is 0 Å².